The predicted molar refractivity (Wildman–Crippen MR) is 143 cm³/mol. The van der Waals surface area contributed by atoms with Crippen LogP contribution in [0.4, 0.5) is 5.13 Å². The van der Waals surface area contributed by atoms with E-state index in [1.54, 1.807) is 6.07 Å². The number of aliphatic hydroxyl groups excluding tert-OH is 2. The van der Waals surface area contributed by atoms with Gasteiger partial charge in [0, 0.05) is 40.4 Å². The second-order valence-electron chi connectivity index (χ2n) is 11.4. The highest BCUT2D eigenvalue weighted by Crippen LogP contribution is 2.62. The van der Waals surface area contributed by atoms with E-state index in [0.29, 0.717) is 30.0 Å². The number of amides is 2. The van der Waals surface area contributed by atoms with Gasteiger partial charge in [0.25, 0.3) is 5.91 Å². The Hall–Kier alpha value is -2.07. The van der Waals surface area contributed by atoms with Crippen LogP contribution in [-0.4, -0.2) is 50.7 Å². The molecule has 0 unspecified atom stereocenters. The highest BCUT2D eigenvalue weighted by Gasteiger charge is 2.59. The molecule has 2 heterocycles. The summed E-state index contributed by atoms with van der Waals surface area (Å²) in [5, 5.41) is 28.2. The first-order valence-corrected chi connectivity index (χ1v) is 14.3. The number of halogens is 1. The van der Waals surface area contributed by atoms with Gasteiger partial charge < -0.3 is 15.5 Å². The van der Waals surface area contributed by atoms with Gasteiger partial charge in [-0.3, -0.25) is 14.9 Å². The number of hydrogen-bond donors (Lipinski definition) is 4. The molecule has 0 aromatic carbocycles. The van der Waals surface area contributed by atoms with E-state index in [1.165, 1.54) is 23.6 Å². The molecule has 2 aromatic rings. The normalized spacial score (nSPS) is 31.4. The zero-order valence-electron chi connectivity index (χ0n) is 21.3. The summed E-state index contributed by atoms with van der Waals surface area (Å²) in [6.45, 7) is 4.01. The predicted octanol–water partition coefficient (Wildman–Crippen LogP) is 4.31. The van der Waals surface area contributed by atoms with Gasteiger partial charge in [-0.05, 0) is 55.6 Å². The van der Waals surface area contributed by atoms with Crippen molar-refractivity contribution in [2.45, 2.75) is 83.3 Å². The summed E-state index contributed by atoms with van der Waals surface area (Å²) < 4.78 is 0. The van der Waals surface area contributed by atoms with Gasteiger partial charge in [0.2, 0.25) is 5.91 Å². The van der Waals surface area contributed by atoms with Gasteiger partial charge in [0.1, 0.15) is 5.15 Å². The van der Waals surface area contributed by atoms with Crippen LogP contribution in [0.3, 0.4) is 0 Å². The number of hydrogen-bond acceptors (Lipinski definition) is 7. The molecule has 3 aliphatic carbocycles. The topological polar surface area (TPSA) is 124 Å². The third-order valence-electron chi connectivity index (χ3n) is 9.21. The zero-order valence-corrected chi connectivity index (χ0v) is 22.9. The van der Waals surface area contributed by atoms with E-state index in [0.717, 1.165) is 42.7 Å². The fraction of sp³-hybridized carbons (Fsp3) is 0.630. The van der Waals surface area contributed by atoms with Crippen LogP contribution in [0.25, 0.3) is 0 Å². The molecular weight excluding hydrogens is 512 g/mol. The maximum Gasteiger partial charge on any atom is 0.257 e. The Morgan fingerprint density at radius 2 is 2.00 bits per heavy atom. The first kappa shape index (κ1) is 26.5. The molecule has 2 saturated carbocycles. The molecule has 200 valence electrons. The number of thiazole rings is 1. The molecular formula is C27H35ClN4O4S. The first-order valence-electron chi connectivity index (χ1n) is 13.1. The average Bonchev–Trinajstić information content (AvgIpc) is 3.52. The number of fused-ring (bicyclic) bond motifs is 2. The van der Waals surface area contributed by atoms with Crippen LogP contribution in [0.15, 0.2) is 18.3 Å². The SMILES string of the molecule is C[C@]1(CO)[C@H]2Cc3sc(NC(=O)c4ccnc(Cl)c4)nc3[C@@H](CC(=O)NC3CCCC3)[C@]2(C)CC[C@H]1O. The van der Waals surface area contributed by atoms with Crippen LogP contribution in [-0.2, 0) is 11.2 Å². The minimum Gasteiger partial charge on any atom is -0.396 e. The van der Waals surface area contributed by atoms with Gasteiger partial charge in [-0.1, -0.05) is 38.3 Å². The van der Waals surface area contributed by atoms with E-state index in [2.05, 4.69) is 22.5 Å². The number of rotatable bonds is 6. The standard InChI is InChI=1S/C27H35ClN4O4S/c1-26-9-7-20(34)27(2,14-33)19(26)13-18-23(17(26)12-22(35)30-16-5-3-4-6-16)31-25(37-18)32-24(36)15-8-10-29-21(28)11-15/h8,10-11,16-17,19-20,33-34H,3-7,9,12-14H2,1-2H3,(H,30,35)(H,31,32,36)/t17-,19+,20-,26+,27+/m1/s1. The van der Waals surface area contributed by atoms with E-state index in [4.69, 9.17) is 16.6 Å². The summed E-state index contributed by atoms with van der Waals surface area (Å²) in [6.07, 6.45) is 7.42. The lowest BCUT2D eigenvalue weighted by molar-refractivity contribution is -0.144. The number of pyridine rings is 1. The molecule has 5 atom stereocenters. The Balaban J connectivity index is 1.47. The maximum atomic E-state index is 13.3. The molecule has 3 aliphatic rings. The smallest absolute Gasteiger partial charge is 0.257 e. The lowest BCUT2D eigenvalue weighted by atomic mass is 9.47. The van der Waals surface area contributed by atoms with Crippen molar-refractivity contribution in [3.8, 4) is 0 Å². The van der Waals surface area contributed by atoms with E-state index in [1.807, 2.05) is 6.92 Å². The quantitative estimate of drug-likeness (QED) is 0.400. The minimum atomic E-state index is -0.688. The lowest BCUT2D eigenvalue weighted by Crippen LogP contribution is -2.57. The van der Waals surface area contributed by atoms with Crippen LogP contribution < -0.4 is 10.6 Å². The van der Waals surface area contributed by atoms with Crippen LogP contribution in [0.5, 0.6) is 0 Å². The number of aromatic nitrogens is 2. The van der Waals surface area contributed by atoms with Crippen molar-refractivity contribution in [2.75, 3.05) is 11.9 Å². The summed E-state index contributed by atoms with van der Waals surface area (Å²) in [7, 11) is 0. The minimum absolute atomic E-state index is 0.0200. The largest absolute Gasteiger partial charge is 0.396 e. The molecule has 0 bridgehead atoms. The number of nitrogens with zero attached hydrogens (tertiary/aromatic N) is 2. The summed E-state index contributed by atoms with van der Waals surface area (Å²) in [6, 6.07) is 3.33. The van der Waals surface area contributed by atoms with Gasteiger partial charge in [-0.15, -0.1) is 11.3 Å². The molecule has 2 aromatic heterocycles. The zero-order chi connectivity index (χ0) is 26.4. The van der Waals surface area contributed by atoms with E-state index in [-0.39, 0.29) is 46.9 Å². The molecule has 5 rings (SSSR count). The summed E-state index contributed by atoms with van der Waals surface area (Å²) in [5.74, 6) is -0.524. The molecule has 0 saturated heterocycles. The molecule has 4 N–H and O–H groups in total. The highest BCUT2D eigenvalue weighted by atomic mass is 35.5. The molecule has 0 spiro atoms. The van der Waals surface area contributed by atoms with Crippen molar-refractivity contribution in [3.63, 3.8) is 0 Å². The molecule has 2 amide bonds. The number of carbonyl (C=O) groups excluding carboxylic acids is 2. The summed E-state index contributed by atoms with van der Waals surface area (Å²) in [5.41, 5.74) is 0.221. The van der Waals surface area contributed by atoms with Gasteiger partial charge in [-0.2, -0.15) is 0 Å². The Kier molecular flexibility index (Phi) is 7.35. The molecule has 0 radical (unpaired) electrons. The lowest BCUT2D eigenvalue weighted by Gasteiger charge is -2.58. The summed E-state index contributed by atoms with van der Waals surface area (Å²) >= 11 is 7.36. The van der Waals surface area contributed by atoms with Gasteiger partial charge in [-0.25, -0.2) is 9.97 Å². The molecule has 2 fully saturated rings. The first-order chi connectivity index (χ1) is 17.6. The van der Waals surface area contributed by atoms with Crippen molar-refractivity contribution in [1.82, 2.24) is 15.3 Å². The van der Waals surface area contributed by atoms with Gasteiger partial charge >= 0.3 is 0 Å². The Morgan fingerprint density at radius 3 is 2.70 bits per heavy atom. The Bertz CT molecular complexity index is 1180. The van der Waals surface area contributed by atoms with Crippen LogP contribution in [0.2, 0.25) is 5.15 Å². The second-order valence-corrected chi connectivity index (χ2v) is 12.9. The fourth-order valence-electron chi connectivity index (χ4n) is 6.95. The van der Waals surface area contributed by atoms with Crippen molar-refractivity contribution in [3.05, 3.63) is 39.6 Å². The third-order valence-corrected chi connectivity index (χ3v) is 10.4. The van der Waals surface area contributed by atoms with Crippen molar-refractivity contribution in [2.24, 2.45) is 16.7 Å². The highest BCUT2D eigenvalue weighted by molar-refractivity contribution is 7.15. The number of carbonyl (C=O) groups is 2. The number of anilines is 1. The van der Waals surface area contributed by atoms with Crippen molar-refractivity contribution in [1.29, 1.82) is 0 Å². The maximum absolute atomic E-state index is 13.3. The van der Waals surface area contributed by atoms with E-state index >= 15 is 0 Å². The molecule has 37 heavy (non-hydrogen) atoms. The molecule has 8 nitrogen and oxygen atoms in total. The number of aliphatic hydroxyl groups is 2. The Labute approximate surface area is 226 Å². The summed E-state index contributed by atoms with van der Waals surface area (Å²) in [4.78, 5) is 35.9. The van der Waals surface area contributed by atoms with Crippen LogP contribution in [0.1, 0.15) is 85.6 Å². The fourth-order valence-corrected chi connectivity index (χ4v) is 8.19. The van der Waals surface area contributed by atoms with Gasteiger partial charge in [0.15, 0.2) is 5.13 Å². The van der Waals surface area contributed by atoms with Crippen LogP contribution in [0, 0.1) is 16.7 Å². The number of nitrogens with one attached hydrogen (secondary N) is 2. The average molecular weight is 547 g/mol. The van der Waals surface area contributed by atoms with Crippen molar-refractivity contribution >= 4 is 39.9 Å². The molecule has 10 heteroatoms. The Morgan fingerprint density at radius 1 is 1.24 bits per heavy atom. The monoisotopic (exact) mass is 546 g/mol. The van der Waals surface area contributed by atoms with E-state index in [9.17, 15) is 19.8 Å². The third kappa shape index (κ3) is 4.91. The second kappa shape index (κ2) is 10.2. The van der Waals surface area contributed by atoms with Gasteiger partial charge in [0.05, 0.1) is 18.4 Å². The van der Waals surface area contributed by atoms with E-state index < -0.39 is 11.5 Å². The molecule has 0 aliphatic heterocycles. The van der Waals surface area contributed by atoms with Crippen molar-refractivity contribution < 1.29 is 19.8 Å². The van der Waals surface area contributed by atoms with Crippen LogP contribution >= 0.6 is 22.9 Å².